The zero-order chi connectivity index (χ0) is 48.0. The molecule has 0 unspecified atom stereocenters. The summed E-state index contributed by atoms with van der Waals surface area (Å²) in [4.78, 5) is 26.7. The lowest BCUT2D eigenvalue weighted by atomic mass is 9.12. The number of benzene rings is 5. The van der Waals surface area contributed by atoms with Crippen LogP contribution < -0.4 is 26.4 Å². The summed E-state index contributed by atoms with van der Waals surface area (Å²) < 4.78 is 296. The third-order valence-electron chi connectivity index (χ3n) is 9.37. The molecule has 0 aliphatic rings. The van der Waals surface area contributed by atoms with Gasteiger partial charge in [0.05, 0.1) is 12.4 Å². The van der Waals surface area contributed by atoms with Gasteiger partial charge in [0, 0.05) is 5.56 Å². The Morgan fingerprint density at radius 1 is 0.453 bits per heavy atom. The number of hydrogen-bond acceptors (Lipinski definition) is 3. The second kappa shape index (κ2) is 18.0. The maximum absolute atomic E-state index is 15.4. The Morgan fingerprint density at radius 2 is 0.734 bits per heavy atom. The van der Waals surface area contributed by atoms with Crippen molar-refractivity contribution in [2.75, 3.05) is 0 Å². The topological polar surface area (TPSA) is 71.1 Å². The largest absolute Gasteiger partial charge is 0.481 e. The van der Waals surface area contributed by atoms with Crippen molar-refractivity contribution in [2.45, 2.75) is 13.0 Å². The predicted molar refractivity (Wildman–Crippen MR) is 176 cm³/mol. The Labute approximate surface area is 341 Å². The lowest BCUT2D eigenvalue weighted by Gasteiger charge is -2.44. The highest BCUT2D eigenvalue weighted by Gasteiger charge is 2.52. The van der Waals surface area contributed by atoms with E-state index in [2.05, 4.69) is 4.98 Å². The minimum absolute atomic E-state index is 0.0663. The Hall–Kier alpha value is -7.02. The Bertz CT molecular complexity index is 2520. The van der Waals surface area contributed by atoms with Crippen LogP contribution in [0.2, 0.25) is 0 Å². The summed E-state index contributed by atoms with van der Waals surface area (Å²) >= 11 is 0. The SMILES string of the molecule is Fc1c(F)c(F)c([B-](c2c(F)c(F)c(F)c(F)c2F)(c2c(F)c(F)c(F)c(F)c2F)c2c(F)c(F)c(F)c(F)c2F)c(F)c1F.O=C(O)Cc1cncc[n+]1CC(=O)c1ccccc1. The second-order valence-electron chi connectivity index (χ2n) is 12.9. The number of carboxylic acid groups (broad SMARTS) is 1. The van der Waals surface area contributed by atoms with Crippen LogP contribution in [0, 0.1) is 116 Å². The van der Waals surface area contributed by atoms with Gasteiger partial charge in [0.25, 0.3) is 0 Å². The van der Waals surface area contributed by atoms with E-state index in [1.807, 2.05) is 6.07 Å². The summed E-state index contributed by atoms with van der Waals surface area (Å²) in [7, 11) is 0. The summed E-state index contributed by atoms with van der Waals surface area (Å²) in [6.07, 6.45) is -2.77. The number of ketones is 1. The van der Waals surface area contributed by atoms with Crippen LogP contribution in [-0.4, -0.2) is 28.0 Å². The normalized spacial score (nSPS) is 11.4. The highest BCUT2D eigenvalue weighted by molar-refractivity contribution is 7.20. The monoisotopic (exact) mass is 936 g/mol. The third kappa shape index (κ3) is 7.73. The summed E-state index contributed by atoms with van der Waals surface area (Å²) in [6, 6.07) is 8.90. The summed E-state index contributed by atoms with van der Waals surface area (Å²) in [6.45, 7) is 0.106. The van der Waals surface area contributed by atoms with Crippen LogP contribution >= 0.6 is 0 Å². The first-order chi connectivity index (χ1) is 29.9. The molecule has 6 rings (SSSR count). The van der Waals surface area contributed by atoms with Crippen LogP contribution in [0.5, 0.6) is 0 Å². The maximum atomic E-state index is 15.4. The van der Waals surface area contributed by atoms with Crippen molar-refractivity contribution in [3.05, 3.63) is 177 Å². The average molecular weight is 936 g/mol. The van der Waals surface area contributed by atoms with E-state index < -0.39 is 150 Å². The number of nitrogens with zero attached hydrogens (tertiary/aromatic N) is 2. The number of carbonyl (C=O) groups excluding carboxylic acids is 1. The highest BCUT2D eigenvalue weighted by Crippen LogP contribution is 2.30. The first kappa shape index (κ1) is 48.0. The van der Waals surface area contributed by atoms with Crippen molar-refractivity contribution in [3.8, 4) is 0 Å². The number of halogens is 20. The molecule has 0 saturated carbocycles. The van der Waals surface area contributed by atoms with Crippen LogP contribution in [0.25, 0.3) is 0 Å². The van der Waals surface area contributed by atoms with E-state index in [4.69, 9.17) is 5.11 Å². The van der Waals surface area contributed by atoms with E-state index in [1.54, 1.807) is 35.0 Å². The number of aliphatic carboxylic acids is 1. The van der Waals surface area contributed by atoms with E-state index in [1.165, 1.54) is 12.4 Å². The molecule has 0 aliphatic carbocycles. The minimum atomic E-state index is -7.22. The van der Waals surface area contributed by atoms with Crippen LogP contribution in [0.4, 0.5) is 87.8 Å². The average Bonchev–Trinajstić information content (AvgIpc) is 3.27. The van der Waals surface area contributed by atoms with Crippen molar-refractivity contribution in [3.63, 3.8) is 0 Å². The molecule has 5 nitrogen and oxygen atoms in total. The van der Waals surface area contributed by atoms with Gasteiger partial charge in [-0.3, -0.25) is 14.6 Å². The van der Waals surface area contributed by atoms with E-state index >= 15 is 35.1 Å². The molecule has 1 N–H and O–H groups in total. The summed E-state index contributed by atoms with van der Waals surface area (Å²) in [5, 5.41) is 8.82. The molecular formula is C38H13BF20N2O3. The molecule has 0 amide bonds. The Morgan fingerprint density at radius 3 is 1.02 bits per heavy atom. The number of carbonyl (C=O) groups is 2. The molecule has 0 atom stereocenters. The number of Topliss-reactive ketones (excluding diaryl/α,β-unsaturated/α-hetero) is 1. The lowest BCUT2D eigenvalue weighted by molar-refractivity contribution is -0.690. The molecule has 0 radical (unpaired) electrons. The number of carboxylic acids is 1. The van der Waals surface area contributed by atoms with Gasteiger partial charge in [0.15, 0.2) is 76.0 Å². The van der Waals surface area contributed by atoms with Crippen LogP contribution in [0.1, 0.15) is 16.1 Å². The first-order valence-corrected chi connectivity index (χ1v) is 16.7. The lowest BCUT2D eigenvalue weighted by Crippen LogP contribution is -2.81. The predicted octanol–water partition coefficient (Wildman–Crippen LogP) is 6.73. The van der Waals surface area contributed by atoms with Gasteiger partial charge in [-0.25, -0.2) is 87.8 Å². The standard InChI is InChI=1S/C24BF20.C14H12N2O3/c26-5-1(6(27)14(35)21(42)13(5)34)25(2-7(28)15(36)22(43)16(37)8(2)29,3-9(30)17(38)23(44)18(39)10(3)31)4-11(32)19(40)24(45)20(41)12(4)33;17-13(11-4-2-1-3-5-11)10-16-7-6-15-9-12(16)8-14(18)19/h;1-7,9H,8,10H2/q-1;/p+1. The molecule has 64 heavy (non-hydrogen) atoms. The summed E-state index contributed by atoms with van der Waals surface area (Å²) in [5.74, 6) is -72.4. The first-order valence-electron chi connectivity index (χ1n) is 16.7. The molecule has 26 heteroatoms. The molecule has 0 saturated heterocycles. The maximum Gasteiger partial charge on any atom is 0.314 e. The molecule has 1 heterocycles. The number of rotatable bonds is 9. The number of hydrogen-bond donors (Lipinski definition) is 1. The molecule has 336 valence electrons. The van der Waals surface area contributed by atoms with Gasteiger partial charge in [0.2, 0.25) is 18.0 Å². The van der Waals surface area contributed by atoms with Crippen molar-refractivity contribution in [2.24, 2.45) is 0 Å². The van der Waals surface area contributed by atoms with Crippen molar-refractivity contribution < 1.29 is 107 Å². The smallest absolute Gasteiger partial charge is 0.314 e. The van der Waals surface area contributed by atoms with Crippen LogP contribution in [0.3, 0.4) is 0 Å². The van der Waals surface area contributed by atoms with Gasteiger partial charge in [-0.15, -0.1) is 21.9 Å². The fraction of sp³-hybridized carbons (Fsp3) is 0.0526. The van der Waals surface area contributed by atoms with Crippen LogP contribution in [0.15, 0.2) is 48.9 Å². The van der Waals surface area contributed by atoms with Gasteiger partial charge in [-0.2, -0.15) is 4.57 Å². The Kier molecular flexibility index (Phi) is 13.5. The van der Waals surface area contributed by atoms with E-state index in [0.29, 0.717) is 11.3 Å². The third-order valence-corrected chi connectivity index (χ3v) is 9.37. The van der Waals surface area contributed by atoms with Gasteiger partial charge in [-0.05, 0) is 0 Å². The molecular weight excluding hydrogens is 923 g/mol. The van der Waals surface area contributed by atoms with Gasteiger partial charge in [0.1, 0.15) is 59.1 Å². The fourth-order valence-electron chi connectivity index (χ4n) is 6.62. The molecule has 6 aromatic rings. The van der Waals surface area contributed by atoms with Crippen molar-refractivity contribution in [1.29, 1.82) is 0 Å². The number of aromatic nitrogens is 2. The Balaban J connectivity index is 0.000000337. The molecule has 0 fully saturated rings. The van der Waals surface area contributed by atoms with E-state index in [9.17, 15) is 62.3 Å². The summed E-state index contributed by atoms with van der Waals surface area (Å²) in [5.41, 5.74) is -13.2. The van der Waals surface area contributed by atoms with Gasteiger partial charge < -0.3 is 5.11 Å². The molecule has 0 bridgehead atoms. The van der Waals surface area contributed by atoms with Gasteiger partial charge >= 0.3 is 5.97 Å². The zero-order valence-electron chi connectivity index (χ0n) is 30.3. The highest BCUT2D eigenvalue weighted by atomic mass is 19.2. The molecule has 1 aromatic heterocycles. The van der Waals surface area contributed by atoms with Crippen molar-refractivity contribution >= 4 is 39.7 Å². The molecule has 5 aromatic carbocycles. The quantitative estimate of drug-likeness (QED) is 0.0437. The molecule has 0 spiro atoms. The van der Waals surface area contributed by atoms with Crippen molar-refractivity contribution in [1.82, 2.24) is 4.98 Å². The zero-order valence-corrected chi connectivity index (χ0v) is 30.3. The van der Waals surface area contributed by atoms with E-state index in [0.717, 1.165) is 0 Å². The minimum Gasteiger partial charge on any atom is -0.481 e. The van der Waals surface area contributed by atoms with Gasteiger partial charge in [-0.1, -0.05) is 30.3 Å². The van der Waals surface area contributed by atoms with Crippen LogP contribution in [-0.2, 0) is 17.8 Å². The molecule has 0 aliphatic heterocycles. The fourth-order valence-corrected chi connectivity index (χ4v) is 6.62. The van der Waals surface area contributed by atoms with E-state index in [-0.39, 0.29) is 18.7 Å². The second-order valence-corrected chi connectivity index (χ2v) is 12.9.